The summed E-state index contributed by atoms with van der Waals surface area (Å²) in [7, 11) is 1.67. The van der Waals surface area contributed by atoms with Crippen molar-refractivity contribution in [3.05, 3.63) is 29.0 Å². The molecule has 1 aromatic carbocycles. The monoisotopic (exact) mass is 302 g/mol. The van der Waals surface area contributed by atoms with Crippen molar-refractivity contribution < 1.29 is 19.8 Å². The van der Waals surface area contributed by atoms with Crippen molar-refractivity contribution in [1.29, 1.82) is 0 Å². The number of carboxylic acid groups (broad SMARTS) is 1. The van der Waals surface area contributed by atoms with Crippen LogP contribution in [-0.2, 0) is 6.42 Å². The van der Waals surface area contributed by atoms with Gasteiger partial charge in [-0.25, -0.2) is 9.78 Å². The van der Waals surface area contributed by atoms with E-state index >= 15 is 0 Å². The maximum Gasteiger partial charge on any atom is 0.354 e. The van der Waals surface area contributed by atoms with Crippen LogP contribution in [0.5, 0.6) is 5.75 Å². The normalized spacial score (nSPS) is 10.7. The Balaban J connectivity index is 2.95. The van der Waals surface area contributed by atoms with Crippen LogP contribution in [0.25, 0.3) is 10.9 Å². The highest BCUT2D eigenvalue weighted by molar-refractivity contribution is 6.06. The molecule has 2 aromatic rings. The van der Waals surface area contributed by atoms with E-state index in [2.05, 4.69) is 10.3 Å². The van der Waals surface area contributed by atoms with Crippen molar-refractivity contribution in [3.8, 4) is 5.75 Å². The Morgan fingerprint density at radius 2 is 2.00 bits per heavy atom. The summed E-state index contributed by atoms with van der Waals surface area (Å²) in [5, 5.41) is 23.1. The van der Waals surface area contributed by atoms with Crippen molar-refractivity contribution in [2.75, 3.05) is 12.4 Å². The number of hydrogen-bond acceptors (Lipinski definition) is 5. The number of nitrogens with zero attached hydrogens (tertiary/aromatic N) is 1. The van der Waals surface area contributed by atoms with Gasteiger partial charge in [-0.3, -0.25) is 4.79 Å². The van der Waals surface area contributed by atoms with Gasteiger partial charge in [-0.2, -0.15) is 0 Å². The van der Waals surface area contributed by atoms with E-state index < -0.39 is 5.97 Å². The molecular weight excluding hydrogens is 284 g/mol. The van der Waals surface area contributed by atoms with E-state index in [9.17, 15) is 19.8 Å². The molecule has 0 bridgehead atoms. The van der Waals surface area contributed by atoms with Crippen LogP contribution >= 0.6 is 0 Å². The molecule has 6 nitrogen and oxygen atoms in total. The van der Waals surface area contributed by atoms with E-state index in [0.717, 1.165) is 6.42 Å². The average Bonchev–Trinajstić information content (AvgIpc) is 2.48. The van der Waals surface area contributed by atoms with E-state index in [4.69, 9.17) is 0 Å². The summed E-state index contributed by atoms with van der Waals surface area (Å²) in [6, 6.07) is 2.97. The lowest BCUT2D eigenvalue weighted by molar-refractivity contribution is 0.0690. The molecule has 1 heterocycles. The van der Waals surface area contributed by atoms with Gasteiger partial charge in [0, 0.05) is 23.7 Å². The maximum atomic E-state index is 11.7. The van der Waals surface area contributed by atoms with Gasteiger partial charge in [-0.15, -0.1) is 0 Å². The van der Waals surface area contributed by atoms with E-state index in [1.54, 1.807) is 13.1 Å². The number of hydrogen-bond donors (Lipinski definition) is 3. The second-order valence-electron chi connectivity index (χ2n) is 5.06. The molecule has 0 amide bonds. The number of carbonyl (C=O) groups excluding carboxylic acids is 1. The number of fused-ring (bicyclic) bond motifs is 1. The van der Waals surface area contributed by atoms with E-state index in [0.29, 0.717) is 28.6 Å². The van der Waals surface area contributed by atoms with Gasteiger partial charge in [-0.05, 0) is 25.5 Å². The quantitative estimate of drug-likeness (QED) is 0.734. The fraction of sp³-hybridized carbons (Fsp3) is 0.312. The molecule has 3 N–H and O–H groups in total. The number of aromatic nitrogens is 1. The molecule has 2 rings (SSSR count). The van der Waals surface area contributed by atoms with Crippen molar-refractivity contribution in [2.45, 2.75) is 26.7 Å². The third kappa shape index (κ3) is 2.59. The molecule has 1 aromatic heterocycles. The molecule has 0 saturated carbocycles. The zero-order valence-electron chi connectivity index (χ0n) is 12.7. The fourth-order valence-corrected chi connectivity index (χ4v) is 2.49. The first kappa shape index (κ1) is 15.8. The summed E-state index contributed by atoms with van der Waals surface area (Å²) in [6.07, 6.45) is 1.24. The van der Waals surface area contributed by atoms with Gasteiger partial charge in [0.15, 0.2) is 11.5 Å². The highest BCUT2D eigenvalue weighted by atomic mass is 16.4. The molecule has 116 valence electrons. The van der Waals surface area contributed by atoms with Crippen molar-refractivity contribution in [2.24, 2.45) is 0 Å². The van der Waals surface area contributed by atoms with E-state index in [1.165, 1.54) is 13.0 Å². The van der Waals surface area contributed by atoms with Gasteiger partial charge in [0.2, 0.25) is 0 Å². The molecule has 0 unspecified atom stereocenters. The number of aromatic hydroxyl groups is 1. The first-order valence-corrected chi connectivity index (χ1v) is 7.02. The van der Waals surface area contributed by atoms with Crippen molar-refractivity contribution in [3.63, 3.8) is 0 Å². The minimum absolute atomic E-state index is 0.107. The van der Waals surface area contributed by atoms with Crippen LogP contribution in [0.2, 0.25) is 0 Å². The van der Waals surface area contributed by atoms with Crippen LogP contribution in [0.3, 0.4) is 0 Å². The van der Waals surface area contributed by atoms with Gasteiger partial charge in [0.1, 0.15) is 5.75 Å². The Hall–Kier alpha value is -2.63. The zero-order chi connectivity index (χ0) is 16.4. The van der Waals surface area contributed by atoms with Crippen molar-refractivity contribution in [1.82, 2.24) is 4.98 Å². The number of phenolic OH excluding ortho intramolecular Hbond substituents is 1. The summed E-state index contributed by atoms with van der Waals surface area (Å²) >= 11 is 0. The third-order valence-corrected chi connectivity index (χ3v) is 3.54. The Morgan fingerprint density at radius 3 is 2.50 bits per heavy atom. The average molecular weight is 302 g/mol. The molecule has 6 heteroatoms. The van der Waals surface area contributed by atoms with E-state index in [-0.39, 0.29) is 22.8 Å². The van der Waals surface area contributed by atoms with Gasteiger partial charge >= 0.3 is 5.97 Å². The predicted molar refractivity (Wildman–Crippen MR) is 83.9 cm³/mol. The summed E-state index contributed by atoms with van der Waals surface area (Å²) < 4.78 is 0. The van der Waals surface area contributed by atoms with Crippen LogP contribution in [-0.4, -0.2) is 34.0 Å². The lowest BCUT2D eigenvalue weighted by atomic mass is 9.97. The number of benzene rings is 1. The Morgan fingerprint density at radius 1 is 1.32 bits per heavy atom. The Labute approximate surface area is 127 Å². The molecule has 0 saturated heterocycles. The first-order chi connectivity index (χ1) is 10.4. The lowest BCUT2D eigenvalue weighted by Gasteiger charge is -2.14. The van der Waals surface area contributed by atoms with Crippen LogP contribution in [0.1, 0.15) is 46.7 Å². The first-order valence-electron chi connectivity index (χ1n) is 7.02. The zero-order valence-corrected chi connectivity index (χ0v) is 12.7. The number of aryl methyl sites for hydroxylation is 1. The minimum Gasteiger partial charge on any atom is -0.507 e. The molecule has 0 aliphatic rings. The number of aromatic carboxylic acids is 1. The Kier molecular flexibility index (Phi) is 4.30. The number of nitrogens with one attached hydrogen (secondary N) is 1. The number of pyridine rings is 1. The standard InChI is InChI=1S/C16H18N2O4/c1-4-5-9-14-11(6-10(8(2)19)15(9)20)12(17-3)7-13(18-14)16(21)22/h6-7,20H,4-5H2,1-3H3,(H,17,18)(H,21,22). The Bertz CT molecular complexity index is 769. The summed E-state index contributed by atoms with van der Waals surface area (Å²) in [4.78, 5) is 27.1. The molecular formula is C16H18N2O4. The lowest BCUT2D eigenvalue weighted by Crippen LogP contribution is -2.06. The number of carbonyl (C=O) groups is 2. The number of ketones is 1. The second-order valence-corrected chi connectivity index (χ2v) is 5.06. The second kappa shape index (κ2) is 6.01. The molecule has 22 heavy (non-hydrogen) atoms. The number of Topliss-reactive ketones (excluding diaryl/α,β-unsaturated/α-hetero) is 1. The summed E-state index contributed by atoms with van der Waals surface area (Å²) in [5.41, 5.74) is 1.59. The van der Waals surface area contributed by atoms with Gasteiger partial charge < -0.3 is 15.5 Å². The van der Waals surface area contributed by atoms with Crippen LogP contribution in [0.15, 0.2) is 12.1 Å². The summed E-state index contributed by atoms with van der Waals surface area (Å²) in [6.45, 7) is 3.32. The number of anilines is 1. The van der Waals surface area contributed by atoms with E-state index in [1.807, 2.05) is 6.92 Å². The smallest absolute Gasteiger partial charge is 0.354 e. The fourth-order valence-electron chi connectivity index (χ4n) is 2.49. The molecule has 0 fully saturated rings. The highest BCUT2D eigenvalue weighted by Gasteiger charge is 2.20. The molecule has 0 atom stereocenters. The number of phenols is 1. The molecule has 0 radical (unpaired) electrons. The molecule has 0 aliphatic carbocycles. The maximum absolute atomic E-state index is 11.7. The summed E-state index contributed by atoms with van der Waals surface area (Å²) in [5.74, 6) is -1.50. The van der Waals surface area contributed by atoms with Gasteiger partial charge in [0.25, 0.3) is 0 Å². The highest BCUT2D eigenvalue weighted by Crippen LogP contribution is 2.35. The predicted octanol–water partition coefficient (Wildman–Crippen LogP) is 2.84. The molecule has 0 aliphatic heterocycles. The number of carboxylic acids is 1. The van der Waals surface area contributed by atoms with Gasteiger partial charge in [-0.1, -0.05) is 13.3 Å². The topological polar surface area (TPSA) is 99.5 Å². The third-order valence-electron chi connectivity index (χ3n) is 3.54. The SMILES string of the molecule is CCCc1c(O)c(C(C)=O)cc2c(NC)cc(C(=O)O)nc12. The van der Waals surface area contributed by atoms with Crippen molar-refractivity contribution >= 4 is 28.3 Å². The van der Waals surface area contributed by atoms with Crippen LogP contribution < -0.4 is 5.32 Å². The molecule has 0 spiro atoms. The minimum atomic E-state index is -1.14. The number of rotatable bonds is 5. The van der Waals surface area contributed by atoms with Gasteiger partial charge in [0.05, 0.1) is 11.1 Å². The largest absolute Gasteiger partial charge is 0.507 e. The van der Waals surface area contributed by atoms with Crippen LogP contribution in [0.4, 0.5) is 5.69 Å². The van der Waals surface area contributed by atoms with Crippen LogP contribution in [0, 0.1) is 0 Å².